The van der Waals surface area contributed by atoms with Gasteiger partial charge >= 0.3 is 5.69 Å². The van der Waals surface area contributed by atoms with Crippen LogP contribution >= 0.6 is 0 Å². The van der Waals surface area contributed by atoms with Gasteiger partial charge in [0.1, 0.15) is 6.20 Å². The molecule has 82 valence electrons. The average Bonchev–Trinajstić information content (AvgIpc) is 2.71. The van der Waals surface area contributed by atoms with Gasteiger partial charge in [0, 0.05) is 20.1 Å². The quantitative estimate of drug-likeness (QED) is 0.546. The van der Waals surface area contributed by atoms with Gasteiger partial charge in [0.25, 0.3) is 0 Å². The SMILES string of the molecule is Cn1cc([N+](=O)[O-])c(N2CCC(O)C2)n1. The van der Waals surface area contributed by atoms with Crippen molar-refractivity contribution in [3.63, 3.8) is 0 Å². The molecule has 1 aromatic heterocycles. The molecular weight excluding hydrogens is 200 g/mol. The van der Waals surface area contributed by atoms with E-state index in [2.05, 4.69) is 5.10 Å². The van der Waals surface area contributed by atoms with Gasteiger partial charge in [-0.05, 0) is 6.42 Å². The van der Waals surface area contributed by atoms with Crippen molar-refractivity contribution in [1.29, 1.82) is 0 Å². The first kappa shape index (κ1) is 9.91. The van der Waals surface area contributed by atoms with Gasteiger partial charge in [-0.1, -0.05) is 0 Å². The Hall–Kier alpha value is -1.63. The molecule has 0 aliphatic carbocycles. The van der Waals surface area contributed by atoms with Gasteiger partial charge in [-0.3, -0.25) is 14.8 Å². The molecular formula is C8H12N4O3. The van der Waals surface area contributed by atoms with Gasteiger partial charge in [0.05, 0.1) is 11.0 Å². The summed E-state index contributed by atoms with van der Waals surface area (Å²) in [5, 5.41) is 24.1. The molecule has 0 spiro atoms. The zero-order valence-electron chi connectivity index (χ0n) is 8.33. The van der Waals surface area contributed by atoms with Gasteiger partial charge in [0.2, 0.25) is 5.82 Å². The first-order chi connectivity index (χ1) is 7.08. The van der Waals surface area contributed by atoms with Gasteiger partial charge in [-0.15, -0.1) is 5.10 Å². The molecule has 1 aromatic rings. The minimum absolute atomic E-state index is 0.00778. The standard InChI is InChI=1S/C8H12N4O3/c1-10-5-7(12(14)15)8(9-10)11-3-2-6(13)4-11/h5-6,13H,2-4H2,1H3. The average molecular weight is 212 g/mol. The third-order valence-corrected chi connectivity index (χ3v) is 2.45. The van der Waals surface area contributed by atoms with Crippen molar-refractivity contribution in [3.05, 3.63) is 16.3 Å². The van der Waals surface area contributed by atoms with Crippen molar-refractivity contribution < 1.29 is 10.0 Å². The maximum absolute atomic E-state index is 10.7. The first-order valence-corrected chi connectivity index (χ1v) is 4.69. The third kappa shape index (κ3) is 1.78. The topological polar surface area (TPSA) is 84.4 Å². The van der Waals surface area contributed by atoms with E-state index in [4.69, 9.17) is 0 Å². The van der Waals surface area contributed by atoms with Crippen LogP contribution in [0.15, 0.2) is 6.20 Å². The molecule has 15 heavy (non-hydrogen) atoms. The number of aromatic nitrogens is 2. The summed E-state index contributed by atoms with van der Waals surface area (Å²) in [6, 6.07) is 0. The Kier molecular flexibility index (Phi) is 2.31. The van der Waals surface area contributed by atoms with Crippen molar-refractivity contribution >= 4 is 11.5 Å². The Morgan fingerprint density at radius 1 is 1.73 bits per heavy atom. The van der Waals surface area contributed by atoms with Crippen LogP contribution < -0.4 is 4.90 Å². The highest BCUT2D eigenvalue weighted by Gasteiger charge is 2.29. The molecule has 1 atom stereocenters. The molecule has 7 heteroatoms. The molecule has 1 fully saturated rings. The summed E-state index contributed by atoms with van der Waals surface area (Å²) in [6.45, 7) is 1.02. The van der Waals surface area contributed by atoms with Crippen molar-refractivity contribution in [2.45, 2.75) is 12.5 Å². The van der Waals surface area contributed by atoms with Gasteiger partial charge in [0.15, 0.2) is 0 Å². The Labute approximate surface area is 86.1 Å². The van der Waals surface area contributed by atoms with E-state index in [1.807, 2.05) is 0 Å². The second-order valence-corrected chi connectivity index (χ2v) is 3.66. The summed E-state index contributed by atoms with van der Waals surface area (Å²) in [6.07, 6.45) is 1.60. The molecule has 1 saturated heterocycles. The second-order valence-electron chi connectivity index (χ2n) is 3.66. The van der Waals surface area contributed by atoms with Gasteiger partial charge < -0.3 is 10.0 Å². The first-order valence-electron chi connectivity index (χ1n) is 4.69. The molecule has 2 rings (SSSR count). The highest BCUT2D eigenvalue weighted by molar-refractivity contribution is 5.57. The monoisotopic (exact) mass is 212 g/mol. The van der Waals surface area contributed by atoms with Crippen LogP contribution in [-0.4, -0.2) is 39.0 Å². The third-order valence-electron chi connectivity index (χ3n) is 2.45. The highest BCUT2D eigenvalue weighted by Crippen LogP contribution is 2.28. The minimum atomic E-state index is -0.451. The molecule has 0 radical (unpaired) electrons. The van der Waals surface area contributed by atoms with Crippen molar-refractivity contribution in [2.24, 2.45) is 7.05 Å². The van der Waals surface area contributed by atoms with Gasteiger partial charge in [-0.25, -0.2) is 0 Å². The Bertz CT molecular complexity index is 389. The van der Waals surface area contributed by atoms with Crippen LogP contribution in [0.5, 0.6) is 0 Å². The molecule has 2 heterocycles. The summed E-state index contributed by atoms with van der Waals surface area (Å²) in [4.78, 5) is 12.0. The number of aliphatic hydroxyl groups excluding tert-OH is 1. The van der Waals surface area contributed by atoms with Crippen molar-refractivity contribution in [1.82, 2.24) is 9.78 Å². The predicted octanol–water partition coefficient (Wildman–Crippen LogP) is -0.101. The maximum atomic E-state index is 10.7. The van der Waals surface area contributed by atoms with Crippen LogP contribution in [0.4, 0.5) is 11.5 Å². The molecule has 7 nitrogen and oxygen atoms in total. The fourth-order valence-corrected chi connectivity index (χ4v) is 1.75. The largest absolute Gasteiger partial charge is 0.391 e. The molecule has 1 N–H and O–H groups in total. The summed E-state index contributed by atoms with van der Waals surface area (Å²) in [7, 11) is 1.64. The Morgan fingerprint density at radius 2 is 2.47 bits per heavy atom. The van der Waals surface area contributed by atoms with Crippen LogP contribution in [-0.2, 0) is 7.05 Å². The van der Waals surface area contributed by atoms with E-state index in [1.165, 1.54) is 10.9 Å². The zero-order valence-corrected chi connectivity index (χ0v) is 8.33. The number of anilines is 1. The smallest absolute Gasteiger partial charge is 0.330 e. The number of nitro groups is 1. The maximum Gasteiger partial charge on any atom is 0.330 e. The second kappa shape index (κ2) is 3.50. The lowest BCUT2D eigenvalue weighted by molar-refractivity contribution is -0.384. The molecule has 0 saturated carbocycles. The van der Waals surface area contributed by atoms with Crippen molar-refractivity contribution in [3.8, 4) is 0 Å². The van der Waals surface area contributed by atoms with Gasteiger partial charge in [-0.2, -0.15) is 0 Å². The molecule has 0 bridgehead atoms. The number of rotatable bonds is 2. The summed E-state index contributed by atoms with van der Waals surface area (Å²) < 4.78 is 1.41. The molecule has 0 amide bonds. The number of hydrogen-bond acceptors (Lipinski definition) is 5. The Morgan fingerprint density at radius 3 is 3.00 bits per heavy atom. The van der Waals surface area contributed by atoms with Crippen LogP contribution in [0.25, 0.3) is 0 Å². The van der Waals surface area contributed by atoms with E-state index in [1.54, 1.807) is 11.9 Å². The van der Waals surface area contributed by atoms with E-state index in [0.717, 1.165) is 0 Å². The molecule has 1 aliphatic rings. The normalized spacial score (nSPS) is 20.9. The fourth-order valence-electron chi connectivity index (χ4n) is 1.75. The van der Waals surface area contributed by atoms with Crippen LogP contribution in [0.3, 0.4) is 0 Å². The summed E-state index contributed by atoms with van der Waals surface area (Å²) in [5.41, 5.74) is -0.00778. The molecule has 1 unspecified atom stereocenters. The predicted molar refractivity (Wildman–Crippen MR) is 52.7 cm³/mol. The van der Waals surface area contributed by atoms with E-state index in [9.17, 15) is 15.2 Å². The van der Waals surface area contributed by atoms with E-state index >= 15 is 0 Å². The van der Waals surface area contributed by atoms with E-state index < -0.39 is 11.0 Å². The minimum Gasteiger partial charge on any atom is -0.391 e. The fraction of sp³-hybridized carbons (Fsp3) is 0.625. The number of hydrogen-bond donors (Lipinski definition) is 1. The number of β-amino-alcohol motifs (C(OH)–C–C–N with tert-alkyl or cyclic N) is 1. The van der Waals surface area contributed by atoms with Crippen LogP contribution in [0.2, 0.25) is 0 Å². The van der Waals surface area contributed by atoms with E-state index in [0.29, 0.717) is 25.3 Å². The lowest BCUT2D eigenvalue weighted by Gasteiger charge is -2.12. The highest BCUT2D eigenvalue weighted by atomic mass is 16.6. The van der Waals surface area contributed by atoms with Crippen LogP contribution in [0, 0.1) is 10.1 Å². The summed E-state index contributed by atoms with van der Waals surface area (Å²) >= 11 is 0. The molecule has 1 aliphatic heterocycles. The Balaban J connectivity index is 2.30. The lowest BCUT2D eigenvalue weighted by atomic mass is 10.3. The van der Waals surface area contributed by atoms with Crippen LogP contribution in [0.1, 0.15) is 6.42 Å². The van der Waals surface area contributed by atoms with E-state index in [-0.39, 0.29) is 5.69 Å². The molecule has 0 aromatic carbocycles. The van der Waals surface area contributed by atoms with Crippen molar-refractivity contribution in [2.75, 3.05) is 18.0 Å². The lowest BCUT2D eigenvalue weighted by Crippen LogP contribution is -2.22. The number of aryl methyl sites for hydroxylation is 1. The number of nitrogens with zero attached hydrogens (tertiary/aromatic N) is 4. The zero-order chi connectivity index (χ0) is 11.0. The number of aliphatic hydroxyl groups is 1. The summed E-state index contributed by atoms with van der Waals surface area (Å²) in [5.74, 6) is 0.346.